The molecule has 0 spiro atoms. The van der Waals surface area contributed by atoms with E-state index in [0.717, 1.165) is 11.3 Å². The Balaban J connectivity index is 3.04. The van der Waals surface area contributed by atoms with Gasteiger partial charge in [-0.3, -0.25) is 0 Å². The van der Waals surface area contributed by atoms with E-state index in [1.54, 1.807) is 6.07 Å². The highest BCUT2D eigenvalue weighted by Gasteiger charge is 2.15. The lowest BCUT2D eigenvalue weighted by molar-refractivity contribution is 0.326. The fraction of sp³-hybridized carbons (Fsp3) is 0.400. The molecular formula is C10H13Cl2NS. The standard InChI is InChI=1S/C10H13Cl2NS/c1-13(2)10(6-14)8-4-3-7(11)5-9(8)12/h3-5,10,14H,6H2,1-2H3. The van der Waals surface area contributed by atoms with Crippen molar-refractivity contribution in [2.75, 3.05) is 19.8 Å². The van der Waals surface area contributed by atoms with E-state index in [2.05, 4.69) is 17.5 Å². The van der Waals surface area contributed by atoms with Gasteiger partial charge in [-0.05, 0) is 31.8 Å². The Morgan fingerprint density at radius 3 is 2.43 bits per heavy atom. The summed E-state index contributed by atoms with van der Waals surface area (Å²) in [6, 6.07) is 5.79. The quantitative estimate of drug-likeness (QED) is 0.803. The Morgan fingerprint density at radius 2 is 2.00 bits per heavy atom. The average molecular weight is 250 g/mol. The number of hydrogen-bond donors (Lipinski definition) is 1. The molecule has 4 heteroatoms. The van der Waals surface area contributed by atoms with Gasteiger partial charge >= 0.3 is 0 Å². The summed E-state index contributed by atoms with van der Waals surface area (Å²) in [6.45, 7) is 0. The Morgan fingerprint density at radius 1 is 1.36 bits per heavy atom. The second-order valence-corrected chi connectivity index (χ2v) is 4.54. The van der Waals surface area contributed by atoms with Crippen molar-refractivity contribution < 1.29 is 0 Å². The van der Waals surface area contributed by atoms with Crippen LogP contribution in [0.4, 0.5) is 0 Å². The molecule has 0 bridgehead atoms. The van der Waals surface area contributed by atoms with Gasteiger partial charge in [0.1, 0.15) is 0 Å². The molecular weight excluding hydrogens is 237 g/mol. The van der Waals surface area contributed by atoms with E-state index < -0.39 is 0 Å². The van der Waals surface area contributed by atoms with Crippen LogP contribution in [-0.4, -0.2) is 24.7 Å². The number of thiol groups is 1. The summed E-state index contributed by atoms with van der Waals surface area (Å²) in [6.07, 6.45) is 0. The highest BCUT2D eigenvalue weighted by molar-refractivity contribution is 7.80. The first kappa shape index (κ1) is 12.2. The molecule has 0 aliphatic carbocycles. The van der Waals surface area contributed by atoms with Crippen molar-refractivity contribution >= 4 is 35.8 Å². The van der Waals surface area contributed by atoms with Crippen molar-refractivity contribution in [3.63, 3.8) is 0 Å². The van der Waals surface area contributed by atoms with E-state index in [-0.39, 0.29) is 6.04 Å². The van der Waals surface area contributed by atoms with Crippen LogP contribution in [0.25, 0.3) is 0 Å². The first-order valence-corrected chi connectivity index (χ1v) is 5.67. The lowest BCUT2D eigenvalue weighted by atomic mass is 10.1. The van der Waals surface area contributed by atoms with Gasteiger partial charge in [0.15, 0.2) is 0 Å². The van der Waals surface area contributed by atoms with Crippen LogP contribution >= 0.6 is 35.8 Å². The molecule has 1 atom stereocenters. The average Bonchev–Trinajstić information content (AvgIpc) is 2.09. The molecule has 1 unspecified atom stereocenters. The van der Waals surface area contributed by atoms with Crippen LogP contribution in [0.1, 0.15) is 11.6 Å². The van der Waals surface area contributed by atoms with Gasteiger partial charge in [0, 0.05) is 21.8 Å². The van der Waals surface area contributed by atoms with Crippen molar-refractivity contribution in [1.82, 2.24) is 4.90 Å². The second-order valence-electron chi connectivity index (χ2n) is 3.33. The first-order valence-electron chi connectivity index (χ1n) is 4.28. The van der Waals surface area contributed by atoms with E-state index in [9.17, 15) is 0 Å². The highest BCUT2D eigenvalue weighted by atomic mass is 35.5. The van der Waals surface area contributed by atoms with Crippen molar-refractivity contribution in [1.29, 1.82) is 0 Å². The van der Waals surface area contributed by atoms with Crippen LogP contribution in [0, 0.1) is 0 Å². The van der Waals surface area contributed by atoms with Gasteiger partial charge in [0.2, 0.25) is 0 Å². The molecule has 0 fully saturated rings. The maximum atomic E-state index is 6.10. The third-order valence-electron chi connectivity index (χ3n) is 2.12. The maximum absolute atomic E-state index is 6.10. The SMILES string of the molecule is CN(C)C(CS)c1ccc(Cl)cc1Cl. The minimum Gasteiger partial charge on any atom is -0.302 e. The molecule has 1 rings (SSSR count). The molecule has 0 saturated heterocycles. The van der Waals surface area contributed by atoms with Crippen molar-refractivity contribution in [3.05, 3.63) is 33.8 Å². The smallest absolute Gasteiger partial charge is 0.0469 e. The minimum atomic E-state index is 0.225. The summed E-state index contributed by atoms with van der Waals surface area (Å²) in [4.78, 5) is 2.09. The molecule has 0 saturated carbocycles. The minimum absolute atomic E-state index is 0.225. The van der Waals surface area contributed by atoms with Gasteiger partial charge in [-0.15, -0.1) is 0 Å². The summed E-state index contributed by atoms with van der Waals surface area (Å²) in [7, 11) is 4.01. The van der Waals surface area contributed by atoms with Crippen LogP contribution in [0.2, 0.25) is 10.0 Å². The monoisotopic (exact) mass is 249 g/mol. The van der Waals surface area contributed by atoms with Crippen LogP contribution in [-0.2, 0) is 0 Å². The van der Waals surface area contributed by atoms with Gasteiger partial charge in [-0.1, -0.05) is 29.3 Å². The molecule has 14 heavy (non-hydrogen) atoms. The number of halogens is 2. The van der Waals surface area contributed by atoms with Crippen molar-refractivity contribution in [2.24, 2.45) is 0 Å². The summed E-state index contributed by atoms with van der Waals surface area (Å²) in [5.41, 5.74) is 1.07. The Hall–Kier alpha value is 0.110. The lowest BCUT2D eigenvalue weighted by Gasteiger charge is -2.23. The van der Waals surface area contributed by atoms with Crippen molar-refractivity contribution in [2.45, 2.75) is 6.04 Å². The normalized spacial score (nSPS) is 13.3. The number of benzene rings is 1. The number of nitrogens with zero attached hydrogens (tertiary/aromatic N) is 1. The zero-order valence-corrected chi connectivity index (χ0v) is 10.6. The van der Waals surface area contributed by atoms with Gasteiger partial charge in [0.25, 0.3) is 0 Å². The fourth-order valence-electron chi connectivity index (χ4n) is 1.31. The Kier molecular flexibility index (Phi) is 4.58. The molecule has 78 valence electrons. The van der Waals surface area contributed by atoms with Crippen LogP contribution in [0.5, 0.6) is 0 Å². The molecule has 1 aromatic rings. The zero-order valence-electron chi connectivity index (χ0n) is 8.17. The maximum Gasteiger partial charge on any atom is 0.0469 e. The molecule has 0 aromatic heterocycles. The Labute approximate surface area is 100 Å². The number of hydrogen-bond acceptors (Lipinski definition) is 2. The van der Waals surface area contributed by atoms with E-state index >= 15 is 0 Å². The molecule has 1 aromatic carbocycles. The first-order chi connectivity index (χ1) is 6.56. The van der Waals surface area contributed by atoms with Gasteiger partial charge in [-0.2, -0.15) is 12.6 Å². The molecule has 1 nitrogen and oxygen atoms in total. The van der Waals surface area contributed by atoms with Crippen LogP contribution in [0.15, 0.2) is 18.2 Å². The summed E-state index contributed by atoms with van der Waals surface area (Å²) < 4.78 is 0. The third kappa shape index (κ3) is 2.80. The molecule has 0 aliphatic heterocycles. The van der Waals surface area contributed by atoms with E-state index in [1.165, 1.54) is 0 Å². The van der Waals surface area contributed by atoms with E-state index in [4.69, 9.17) is 23.2 Å². The predicted octanol–water partition coefficient (Wildman–Crippen LogP) is 3.53. The van der Waals surface area contributed by atoms with Gasteiger partial charge in [0.05, 0.1) is 0 Å². The fourth-order valence-corrected chi connectivity index (χ4v) is 2.37. The largest absolute Gasteiger partial charge is 0.302 e. The number of rotatable bonds is 3. The second kappa shape index (κ2) is 5.26. The van der Waals surface area contributed by atoms with E-state index in [1.807, 2.05) is 26.2 Å². The van der Waals surface area contributed by atoms with Crippen molar-refractivity contribution in [3.8, 4) is 0 Å². The lowest BCUT2D eigenvalue weighted by Crippen LogP contribution is -2.21. The third-order valence-corrected chi connectivity index (χ3v) is 3.03. The molecule has 0 radical (unpaired) electrons. The summed E-state index contributed by atoms with van der Waals surface area (Å²) in [5.74, 6) is 0.731. The van der Waals surface area contributed by atoms with Crippen LogP contribution < -0.4 is 0 Å². The topological polar surface area (TPSA) is 3.24 Å². The van der Waals surface area contributed by atoms with Crippen LogP contribution in [0.3, 0.4) is 0 Å². The zero-order chi connectivity index (χ0) is 10.7. The molecule has 0 N–H and O–H groups in total. The van der Waals surface area contributed by atoms with Gasteiger partial charge < -0.3 is 4.90 Å². The predicted molar refractivity (Wildman–Crippen MR) is 66.7 cm³/mol. The molecule has 0 amide bonds. The molecule has 0 aliphatic rings. The molecule has 0 heterocycles. The Bertz CT molecular complexity index is 315. The van der Waals surface area contributed by atoms with Gasteiger partial charge in [-0.25, -0.2) is 0 Å². The summed E-state index contributed by atoms with van der Waals surface area (Å²) in [5, 5.41) is 1.36. The summed E-state index contributed by atoms with van der Waals surface area (Å²) >= 11 is 16.2. The van der Waals surface area contributed by atoms with E-state index in [0.29, 0.717) is 10.0 Å². The highest BCUT2D eigenvalue weighted by Crippen LogP contribution is 2.29.